The van der Waals surface area contributed by atoms with Crippen LogP contribution in [0.3, 0.4) is 0 Å². The van der Waals surface area contributed by atoms with Crippen molar-refractivity contribution in [2.24, 2.45) is 0 Å². The van der Waals surface area contributed by atoms with E-state index in [-0.39, 0.29) is 16.3 Å². The van der Waals surface area contributed by atoms with Crippen LogP contribution in [0.1, 0.15) is 33.5 Å². The van der Waals surface area contributed by atoms with Crippen LogP contribution in [0.2, 0.25) is 0 Å². The molecule has 2 aromatic rings. The standard InChI is InChI=1S/C13H13BrN2O3/c1-7(14)10-11(16-13(18)15-10)12(17)8-3-5-9(19-2)6-4-8/h3-7H,1-2H3,(H2,15,16,18). The minimum atomic E-state index is -0.391. The highest BCUT2D eigenvalue weighted by atomic mass is 79.9. The molecule has 0 aliphatic rings. The van der Waals surface area contributed by atoms with E-state index in [4.69, 9.17) is 4.74 Å². The van der Waals surface area contributed by atoms with Gasteiger partial charge in [-0.15, -0.1) is 0 Å². The number of ether oxygens (including phenoxy) is 1. The van der Waals surface area contributed by atoms with E-state index in [2.05, 4.69) is 25.9 Å². The van der Waals surface area contributed by atoms with Gasteiger partial charge >= 0.3 is 5.69 Å². The predicted molar refractivity (Wildman–Crippen MR) is 75.2 cm³/mol. The first-order valence-electron chi connectivity index (χ1n) is 5.68. The first kappa shape index (κ1) is 13.6. The van der Waals surface area contributed by atoms with Crippen molar-refractivity contribution in [3.05, 3.63) is 51.7 Å². The van der Waals surface area contributed by atoms with E-state index in [0.29, 0.717) is 17.0 Å². The topological polar surface area (TPSA) is 75.0 Å². The molecule has 100 valence electrons. The van der Waals surface area contributed by atoms with Gasteiger partial charge in [-0.25, -0.2) is 4.79 Å². The normalized spacial score (nSPS) is 12.2. The second kappa shape index (κ2) is 5.44. The van der Waals surface area contributed by atoms with Crippen LogP contribution in [-0.2, 0) is 0 Å². The van der Waals surface area contributed by atoms with Gasteiger partial charge in [0, 0.05) is 5.56 Å². The molecule has 1 aromatic carbocycles. The van der Waals surface area contributed by atoms with E-state index in [1.54, 1.807) is 31.4 Å². The Kier molecular flexibility index (Phi) is 3.90. The maximum atomic E-state index is 12.3. The van der Waals surface area contributed by atoms with Crippen molar-refractivity contribution in [1.29, 1.82) is 0 Å². The third kappa shape index (κ3) is 2.78. The minimum absolute atomic E-state index is 0.122. The molecule has 1 aromatic heterocycles. The lowest BCUT2D eigenvalue weighted by molar-refractivity contribution is 0.103. The van der Waals surface area contributed by atoms with E-state index >= 15 is 0 Å². The van der Waals surface area contributed by atoms with Gasteiger partial charge in [-0.2, -0.15) is 0 Å². The molecule has 2 N–H and O–H groups in total. The number of alkyl halides is 1. The Hall–Kier alpha value is -1.82. The minimum Gasteiger partial charge on any atom is -0.497 e. The van der Waals surface area contributed by atoms with Crippen molar-refractivity contribution in [2.45, 2.75) is 11.8 Å². The van der Waals surface area contributed by atoms with Gasteiger partial charge in [0.1, 0.15) is 11.4 Å². The van der Waals surface area contributed by atoms with Crippen LogP contribution in [0.5, 0.6) is 5.75 Å². The molecule has 2 rings (SSSR count). The first-order valence-corrected chi connectivity index (χ1v) is 6.59. The molecule has 0 saturated heterocycles. The number of benzene rings is 1. The number of H-pyrrole nitrogens is 2. The molecule has 19 heavy (non-hydrogen) atoms. The average molecular weight is 325 g/mol. The molecule has 0 spiro atoms. The summed E-state index contributed by atoms with van der Waals surface area (Å²) >= 11 is 3.35. The lowest BCUT2D eigenvalue weighted by atomic mass is 10.1. The number of rotatable bonds is 4. The predicted octanol–water partition coefficient (Wildman–Crippen LogP) is 2.40. The Morgan fingerprint density at radius 1 is 1.26 bits per heavy atom. The summed E-state index contributed by atoms with van der Waals surface area (Å²) in [6.45, 7) is 1.84. The largest absolute Gasteiger partial charge is 0.497 e. The van der Waals surface area contributed by atoms with Crippen molar-refractivity contribution in [3.63, 3.8) is 0 Å². The molecule has 1 heterocycles. The Labute approximate surface area is 118 Å². The summed E-state index contributed by atoms with van der Waals surface area (Å²) in [6.07, 6.45) is 0. The third-order valence-corrected chi connectivity index (χ3v) is 3.19. The van der Waals surface area contributed by atoms with Crippen LogP contribution in [0.25, 0.3) is 0 Å². The van der Waals surface area contributed by atoms with Gasteiger partial charge in [-0.1, -0.05) is 15.9 Å². The zero-order valence-electron chi connectivity index (χ0n) is 10.5. The van der Waals surface area contributed by atoms with Gasteiger partial charge in [-0.05, 0) is 31.2 Å². The summed E-state index contributed by atoms with van der Waals surface area (Å²) in [6, 6.07) is 6.73. The lowest BCUT2D eigenvalue weighted by Crippen LogP contribution is -2.07. The number of carbonyl (C=O) groups excluding carboxylic acids is 1. The van der Waals surface area contributed by atoms with Gasteiger partial charge in [0.05, 0.1) is 17.6 Å². The molecule has 0 aliphatic carbocycles. The highest BCUT2D eigenvalue weighted by molar-refractivity contribution is 9.09. The van der Waals surface area contributed by atoms with Crippen molar-refractivity contribution >= 4 is 21.7 Å². The Bertz CT molecular complexity index is 641. The molecule has 1 unspecified atom stereocenters. The molecule has 0 aliphatic heterocycles. The first-order chi connectivity index (χ1) is 9.02. The molecule has 1 atom stereocenters. The molecule has 5 nitrogen and oxygen atoms in total. The van der Waals surface area contributed by atoms with E-state index in [1.165, 1.54) is 0 Å². The van der Waals surface area contributed by atoms with Crippen LogP contribution < -0.4 is 10.4 Å². The molecular formula is C13H13BrN2O3. The number of carbonyl (C=O) groups is 1. The fraction of sp³-hybridized carbons (Fsp3) is 0.231. The van der Waals surface area contributed by atoms with Crippen molar-refractivity contribution in [3.8, 4) is 5.75 Å². The highest BCUT2D eigenvalue weighted by Crippen LogP contribution is 2.23. The van der Waals surface area contributed by atoms with Gasteiger partial charge in [-0.3, -0.25) is 4.79 Å². The summed E-state index contributed by atoms with van der Waals surface area (Å²) in [7, 11) is 1.56. The number of hydrogen-bond donors (Lipinski definition) is 2. The maximum Gasteiger partial charge on any atom is 0.323 e. The number of aromatic amines is 2. The molecule has 0 saturated carbocycles. The second-order valence-corrected chi connectivity index (χ2v) is 5.41. The van der Waals surface area contributed by atoms with E-state index in [0.717, 1.165) is 0 Å². The monoisotopic (exact) mass is 324 g/mol. The molecule has 0 fully saturated rings. The molecule has 0 bridgehead atoms. The molecule has 0 amide bonds. The second-order valence-electron chi connectivity index (χ2n) is 4.04. The van der Waals surface area contributed by atoms with Gasteiger partial charge in [0.15, 0.2) is 0 Å². The van der Waals surface area contributed by atoms with Crippen molar-refractivity contribution in [1.82, 2.24) is 9.97 Å². The van der Waals surface area contributed by atoms with Crippen molar-refractivity contribution in [2.75, 3.05) is 7.11 Å². The number of halogens is 1. The van der Waals surface area contributed by atoms with E-state index in [9.17, 15) is 9.59 Å². The number of nitrogens with one attached hydrogen (secondary N) is 2. The lowest BCUT2D eigenvalue weighted by Gasteiger charge is -2.05. The van der Waals surface area contributed by atoms with Crippen LogP contribution in [0.4, 0.5) is 0 Å². The molecule has 0 radical (unpaired) electrons. The SMILES string of the molecule is COc1ccc(C(=O)c2[nH]c(=O)[nH]c2C(C)Br)cc1. The van der Waals surface area contributed by atoms with Crippen molar-refractivity contribution < 1.29 is 9.53 Å². The summed E-state index contributed by atoms with van der Waals surface area (Å²) in [5.41, 5.74) is 0.925. The van der Waals surface area contributed by atoms with Gasteiger partial charge < -0.3 is 14.7 Å². The summed E-state index contributed by atoms with van der Waals surface area (Å²) in [5.74, 6) is 0.440. The Balaban J connectivity index is 2.40. The molecular weight excluding hydrogens is 312 g/mol. The summed E-state index contributed by atoms with van der Waals surface area (Å²) in [5, 5.41) is 0. The zero-order chi connectivity index (χ0) is 14.0. The quantitative estimate of drug-likeness (QED) is 0.669. The average Bonchev–Trinajstić information content (AvgIpc) is 2.80. The number of methoxy groups -OCH3 is 1. The Morgan fingerprint density at radius 2 is 1.89 bits per heavy atom. The van der Waals surface area contributed by atoms with Crippen LogP contribution in [0.15, 0.2) is 29.1 Å². The summed E-state index contributed by atoms with van der Waals surface area (Å²) < 4.78 is 5.04. The number of ketones is 1. The van der Waals surface area contributed by atoms with Gasteiger partial charge in [0.25, 0.3) is 0 Å². The van der Waals surface area contributed by atoms with Crippen LogP contribution in [-0.4, -0.2) is 22.9 Å². The maximum absolute atomic E-state index is 12.3. The number of aromatic nitrogens is 2. The molecule has 6 heteroatoms. The smallest absolute Gasteiger partial charge is 0.323 e. The van der Waals surface area contributed by atoms with Crippen LogP contribution >= 0.6 is 15.9 Å². The van der Waals surface area contributed by atoms with Crippen LogP contribution in [0, 0.1) is 0 Å². The Morgan fingerprint density at radius 3 is 2.42 bits per heavy atom. The van der Waals surface area contributed by atoms with Gasteiger partial charge in [0.2, 0.25) is 5.78 Å². The highest BCUT2D eigenvalue weighted by Gasteiger charge is 2.19. The fourth-order valence-electron chi connectivity index (χ4n) is 1.76. The third-order valence-electron chi connectivity index (χ3n) is 2.73. The number of hydrogen-bond acceptors (Lipinski definition) is 3. The number of imidazole rings is 1. The summed E-state index contributed by atoms with van der Waals surface area (Å²) in [4.78, 5) is 28.7. The zero-order valence-corrected chi connectivity index (χ0v) is 12.1. The van der Waals surface area contributed by atoms with E-state index < -0.39 is 5.69 Å². The fourth-order valence-corrected chi connectivity index (χ4v) is 2.10. The van der Waals surface area contributed by atoms with E-state index in [1.807, 2.05) is 6.92 Å².